The van der Waals surface area contributed by atoms with Crippen molar-refractivity contribution >= 4 is 21.5 Å². The standard InChI is InChI=1S/C26H27NO5S/c1-26(31-33(28,29)32-26)25(22-12-8-5-9-13-22)24(20-10-6-4-7-11-20)21-14-16-23(17-15-21)30-19-18-27(2)3/h4-17H,18-19H2,1-3H3/b25-24+. The van der Waals surface area contributed by atoms with Crippen LogP contribution in [0.1, 0.15) is 23.6 Å². The molecule has 0 amide bonds. The van der Waals surface area contributed by atoms with Crippen molar-refractivity contribution in [3.8, 4) is 5.75 Å². The highest BCUT2D eigenvalue weighted by Crippen LogP contribution is 2.47. The average molecular weight is 466 g/mol. The van der Waals surface area contributed by atoms with Crippen molar-refractivity contribution in [3.63, 3.8) is 0 Å². The van der Waals surface area contributed by atoms with Gasteiger partial charge in [0, 0.05) is 12.1 Å². The highest BCUT2D eigenvalue weighted by molar-refractivity contribution is 7.82. The summed E-state index contributed by atoms with van der Waals surface area (Å²) >= 11 is 0. The Balaban J connectivity index is 1.85. The van der Waals surface area contributed by atoms with Crippen LogP contribution in [0.3, 0.4) is 0 Å². The van der Waals surface area contributed by atoms with Gasteiger partial charge in [-0.1, -0.05) is 72.8 Å². The van der Waals surface area contributed by atoms with Gasteiger partial charge in [-0.15, -0.1) is 0 Å². The lowest BCUT2D eigenvalue weighted by atomic mass is 9.85. The van der Waals surface area contributed by atoms with Gasteiger partial charge in [-0.3, -0.25) is 0 Å². The first-order valence-electron chi connectivity index (χ1n) is 10.7. The van der Waals surface area contributed by atoms with Crippen LogP contribution in [0.2, 0.25) is 0 Å². The largest absolute Gasteiger partial charge is 0.492 e. The van der Waals surface area contributed by atoms with Crippen LogP contribution in [-0.2, 0) is 18.8 Å². The van der Waals surface area contributed by atoms with E-state index >= 15 is 0 Å². The zero-order chi connectivity index (χ0) is 23.5. The summed E-state index contributed by atoms with van der Waals surface area (Å²) in [5, 5.41) is 0. The van der Waals surface area contributed by atoms with Gasteiger partial charge in [-0.25, -0.2) is 8.37 Å². The lowest BCUT2D eigenvalue weighted by molar-refractivity contribution is -0.125. The Hall–Kier alpha value is -2.97. The molecule has 0 spiro atoms. The van der Waals surface area contributed by atoms with Gasteiger partial charge < -0.3 is 9.64 Å². The minimum atomic E-state index is -4.02. The minimum absolute atomic E-state index is 0.584. The highest BCUT2D eigenvalue weighted by atomic mass is 32.3. The van der Waals surface area contributed by atoms with E-state index in [1.54, 1.807) is 6.92 Å². The molecule has 1 fully saturated rings. The maximum atomic E-state index is 11.8. The van der Waals surface area contributed by atoms with E-state index in [-0.39, 0.29) is 0 Å². The molecule has 0 saturated carbocycles. The quantitative estimate of drug-likeness (QED) is 0.453. The monoisotopic (exact) mass is 465 g/mol. The predicted molar refractivity (Wildman–Crippen MR) is 129 cm³/mol. The molecule has 0 atom stereocenters. The Morgan fingerprint density at radius 3 is 1.85 bits per heavy atom. The lowest BCUT2D eigenvalue weighted by Crippen LogP contribution is -2.49. The van der Waals surface area contributed by atoms with E-state index in [0.717, 1.165) is 34.6 Å². The number of hydrogen-bond donors (Lipinski definition) is 0. The lowest BCUT2D eigenvalue weighted by Gasteiger charge is -2.39. The summed E-state index contributed by atoms with van der Waals surface area (Å²) in [6.45, 7) is 3.02. The van der Waals surface area contributed by atoms with Crippen molar-refractivity contribution in [1.82, 2.24) is 4.90 Å². The number of rotatable bonds is 8. The molecule has 0 aromatic heterocycles. The molecule has 7 heteroatoms. The molecule has 0 bridgehead atoms. The average Bonchev–Trinajstić information content (AvgIpc) is 2.77. The molecule has 0 aliphatic carbocycles. The van der Waals surface area contributed by atoms with Crippen molar-refractivity contribution < 1.29 is 21.5 Å². The van der Waals surface area contributed by atoms with Crippen LogP contribution < -0.4 is 4.74 Å². The van der Waals surface area contributed by atoms with Crippen molar-refractivity contribution in [2.75, 3.05) is 27.2 Å². The molecule has 4 rings (SSSR count). The summed E-state index contributed by atoms with van der Waals surface area (Å²) in [6, 6.07) is 27.1. The molecule has 0 radical (unpaired) electrons. The number of ether oxygens (including phenoxy) is 1. The van der Waals surface area contributed by atoms with Gasteiger partial charge in [0.2, 0.25) is 5.79 Å². The Bertz CT molecular complexity index is 1210. The van der Waals surface area contributed by atoms with Crippen LogP contribution in [0.15, 0.2) is 84.9 Å². The Morgan fingerprint density at radius 1 is 0.818 bits per heavy atom. The van der Waals surface area contributed by atoms with E-state index in [2.05, 4.69) is 4.90 Å². The molecule has 1 saturated heterocycles. The molecule has 6 nitrogen and oxygen atoms in total. The van der Waals surface area contributed by atoms with Crippen LogP contribution in [-0.4, -0.2) is 46.4 Å². The van der Waals surface area contributed by atoms with E-state index < -0.39 is 16.2 Å². The Labute approximate surface area is 195 Å². The Morgan fingerprint density at radius 2 is 1.33 bits per heavy atom. The van der Waals surface area contributed by atoms with E-state index in [0.29, 0.717) is 12.2 Å². The van der Waals surface area contributed by atoms with Gasteiger partial charge in [-0.05, 0) is 55.4 Å². The second-order valence-corrected chi connectivity index (χ2v) is 9.33. The normalized spacial score (nSPS) is 17.2. The zero-order valence-electron chi connectivity index (χ0n) is 18.9. The van der Waals surface area contributed by atoms with Gasteiger partial charge in [0.25, 0.3) is 0 Å². The molecule has 1 heterocycles. The van der Waals surface area contributed by atoms with E-state index in [4.69, 9.17) is 13.1 Å². The fourth-order valence-electron chi connectivity index (χ4n) is 3.84. The first kappa shape index (κ1) is 23.2. The number of nitrogens with zero attached hydrogens (tertiary/aromatic N) is 1. The fraction of sp³-hybridized carbons (Fsp3) is 0.231. The van der Waals surface area contributed by atoms with E-state index in [9.17, 15) is 8.42 Å². The molecule has 0 N–H and O–H groups in total. The van der Waals surface area contributed by atoms with Crippen LogP contribution in [0.4, 0.5) is 0 Å². The summed E-state index contributed by atoms with van der Waals surface area (Å²) in [5.41, 5.74) is 4.05. The molecule has 3 aromatic rings. The van der Waals surface area contributed by atoms with Gasteiger partial charge in [-0.2, -0.15) is 8.42 Å². The zero-order valence-corrected chi connectivity index (χ0v) is 19.7. The third-order valence-corrected chi connectivity index (χ3v) is 6.35. The van der Waals surface area contributed by atoms with Crippen molar-refractivity contribution in [1.29, 1.82) is 0 Å². The molecule has 172 valence electrons. The summed E-state index contributed by atoms with van der Waals surface area (Å²) in [7, 11) is -0.0225. The van der Waals surface area contributed by atoms with E-state index in [1.807, 2.05) is 99.0 Å². The first-order chi connectivity index (χ1) is 15.8. The van der Waals surface area contributed by atoms with Crippen molar-refractivity contribution in [3.05, 3.63) is 102 Å². The topological polar surface area (TPSA) is 65.1 Å². The maximum absolute atomic E-state index is 11.8. The molecule has 1 aliphatic heterocycles. The van der Waals surface area contributed by atoms with Gasteiger partial charge >= 0.3 is 10.4 Å². The SMILES string of the molecule is CN(C)CCOc1ccc(/C(=C(\c2ccccc2)C2(C)OS(=O)(=O)O2)c2ccccc2)cc1. The molecule has 33 heavy (non-hydrogen) atoms. The second-order valence-electron chi connectivity index (χ2n) is 8.18. The number of benzene rings is 3. The van der Waals surface area contributed by atoms with Crippen molar-refractivity contribution in [2.24, 2.45) is 0 Å². The Kier molecular flexibility index (Phi) is 6.67. The molecule has 3 aromatic carbocycles. The predicted octanol–water partition coefficient (Wildman–Crippen LogP) is 4.59. The summed E-state index contributed by atoms with van der Waals surface area (Å²) in [4.78, 5) is 2.06. The van der Waals surface area contributed by atoms with Crippen LogP contribution in [0.5, 0.6) is 5.75 Å². The van der Waals surface area contributed by atoms with Crippen LogP contribution in [0, 0.1) is 0 Å². The molecular formula is C26H27NO5S. The van der Waals surface area contributed by atoms with Gasteiger partial charge in [0.15, 0.2) is 0 Å². The highest BCUT2D eigenvalue weighted by Gasteiger charge is 2.52. The summed E-state index contributed by atoms with van der Waals surface area (Å²) in [6.07, 6.45) is 0. The van der Waals surface area contributed by atoms with Gasteiger partial charge in [0.1, 0.15) is 12.4 Å². The fourth-order valence-corrected chi connectivity index (χ4v) is 4.80. The maximum Gasteiger partial charge on any atom is 0.405 e. The van der Waals surface area contributed by atoms with Crippen LogP contribution >= 0.6 is 0 Å². The number of likely N-dealkylation sites (N-methyl/N-ethyl adjacent to an activating group) is 1. The van der Waals surface area contributed by atoms with E-state index in [1.165, 1.54) is 0 Å². The van der Waals surface area contributed by atoms with Crippen LogP contribution in [0.25, 0.3) is 11.1 Å². The molecule has 0 unspecified atom stereocenters. The smallest absolute Gasteiger partial charge is 0.405 e. The van der Waals surface area contributed by atoms with Crippen molar-refractivity contribution in [2.45, 2.75) is 12.7 Å². The van der Waals surface area contributed by atoms with Gasteiger partial charge in [0.05, 0.1) is 0 Å². The summed E-state index contributed by atoms with van der Waals surface area (Å²) < 4.78 is 40.2. The minimum Gasteiger partial charge on any atom is -0.492 e. The third kappa shape index (κ3) is 5.34. The first-order valence-corrected chi connectivity index (χ1v) is 12.0. The summed E-state index contributed by atoms with van der Waals surface area (Å²) in [5.74, 6) is -0.689. The third-order valence-electron chi connectivity index (χ3n) is 5.30. The number of hydrogen-bond acceptors (Lipinski definition) is 6. The molecule has 1 aliphatic rings. The second kappa shape index (κ2) is 9.49. The molecular weight excluding hydrogens is 438 g/mol.